The van der Waals surface area contributed by atoms with E-state index >= 15 is 0 Å². The molecule has 0 radical (unpaired) electrons. The van der Waals surface area contributed by atoms with Gasteiger partial charge in [0.25, 0.3) is 0 Å². The summed E-state index contributed by atoms with van der Waals surface area (Å²) in [6.45, 7) is 0.998. The number of halogens is 2. The fourth-order valence-electron chi connectivity index (χ4n) is 2.05. The van der Waals surface area contributed by atoms with E-state index in [-0.39, 0.29) is 6.04 Å². The van der Waals surface area contributed by atoms with Crippen molar-refractivity contribution >= 4 is 45.9 Å². The molecular weight excluding hydrogens is 281 g/mol. The molecule has 2 aromatic heterocycles. The topological polar surface area (TPSA) is 12.0 Å². The average molecular weight is 290 g/mol. The molecule has 1 N–H and O–H groups in total. The summed E-state index contributed by atoms with van der Waals surface area (Å²) in [6, 6.07) is 4.40. The van der Waals surface area contributed by atoms with Crippen molar-refractivity contribution in [3.63, 3.8) is 0 Å². The Balaban J connectivity index is 2.07. The van der Waals surface area contributed by atoms with Crippen molar-refractivity contribution in [1.29, 1.82) is 0 Å². The van der Waals surface area contributed by atoms with Gasteiger partial charge in [0.1, 0.15) is 0 Å². The van der Waals surface area contributed by atoms with Gasteiger partial charge in [-0.05, 0) is 29.5 Å². The number of nitrogens with one attached hydrogen (secondary N) is 1. The van der Waals surface area contributed by atoms with Gasteiger partial charge in [-0.15, -0.1) is 22.7 Å². The van der Waals surface area contributed by atoms with Gasteiger partial charge in [-0.3, -0.25) is 0 Å². The molecule has 5 heteroatoms. The molecule has 0 aromatic carbocycles. The van der Waals surface area contributed by atoms with E-state index in [9.17, 15) is 0 Å². The summed E-state index contributed by atoms with van der Waals surface area (Å²) in [5.41, 5.74) is 2.55. The van der Waals surface area contributed by atoms with E-state index < -0.39 is 0 Å². The molecule has 3 heterocycles. The Kier molecular flexibility index (Phi) is 2.98. The highest BCUT2D eigenvalue weighted by molar-refractivity contribution is 7.20. The SMILES string of the molecule is Clc1cc(C2NCCc3ccsc32)c(Cl)s1. The van der Waals surface area contributed by atoms with Crippen molar-refractivity contribution in [2.75, 3.05) is 6.54 Å². The Hall–Kier alpha value is -0.0600. The molecule has 1 unspecified atom stereocenters. The average Bonchev–Trinajstić information content (AvgIpc) is 2.84. The first kappa shape index (κ1) is 11.1. The van der Waals surface area contributed by atoms with E-state index in [2.05, 4.69) is 16.8 Å². The van der Waals surface area contributed by atoms with Crippen LogP contribution < -0.4 is 5.32 Å². The second-order valence-electron chi connectivity index (χ2n) is 3.73. The lowest BCUT2D eigenvalue weighted by Crippen LogP contribution is -2.29. The van der Waals surface area contributed by atoms with Gasteiger partial charge in [-0.1, -0.05) is 23.2 Å². The standard InChI is InChI=1S/C11H9Cl2NS2/c12-8-5-7(11(13)16-8)9-10-6(1-3-14-9)2-4-15-10/h2,4-5,9,14H,1,3H2. The maximum Gasteiger partial charge on any atom is 0.0995 e. The number of hydrogen-bond donors (Lipinski definition) is 1. The molecular formula is C11H9Cl2NS2. The molecule has 0 spiro atoms. The molecule has 0 fully saturated rings. The van der Waals surface area contributed by atoms with Gasteiger partial charge < -0.3 is 5.32 Å². The number of thiophene rings is 2. The van der Waals surface area contributed by atoms with Crippen LogP contribution in [0.1, 0.15) is 22.0 Å². The maximum atomic E-state index is 6.21. The van der Waals surface area contributed by atoms with E-state index in [0.717, 1.165) is 27.2 Å². The Labute approximate surface area is 112 Å². The van der Waals surface area contributed by atoms with Crippen molar-refractivity contribution < 1.29 is 0 Å². The Morgan fingerprint density at radius 3 is 3.00 bits per heavy atom. The lowest BCUT2D eigenvalue weighted by molar-refractivity contribution is 0.580. The zero-order valence-corrected chi connectivity index (χ0v) is 11.4. The van der Waals surface area contributed by atoms with E-state index in [1.807, 2.05) is 6.07 Å². The zero-order chi connectivity index (χ0) is 11.1. The number of fused-ring (bicyclic) bond motifs is 1. The van der Waals surface area contributed by atoms with E-state index in [0.29, 0.717) is 0 Å². The summed E-state index contributed by atoms with van der Waals surface area (Å²) >= 11 is 15.4. The van der Waals surface area contributed by atoms with E-state index in [1.165, 1.54) is 21.8 Å². The largest absolute Gasteiger partial charge is 0.305 e. The minimum absolute atomic E-state index is 0.222. The van der Waals surface area contributed by atoms with E-state index in [1.54, 1.807) is 11.3 Å². The maximum absolute atomic E-state index is 6.21. The molecule has 0 bridgehead atoms. The molecule has 0 saturated carbocycles. The normalized spacial score (nSPS) is 19.8. The lowest BCUT2D eigenvalue weighted by atomic mass is 10.00. The summed E-state index contributed by atoms with van der Waals surface area (Å²) in [5, 5.41) is 5.65. The predicted molar refractivity (Wildman–Crippen MR) is 72.2 cm³/mol. The summed E-state index contributed by atoms with van der Waals surface area (Å²) < 4.78 is 1.55. The Bertz CT molecular complexity index is 518. The summed E-state index contributed by atoms with van der Waals surface area (Å²) in [4.78, 5) is 1.38. The van der Waals surface area contributed by atoms with Crippen LogP contribution >= 0.6 is 45.9 Å². The third kappa shape index (κ3) is 1.81. The first-order valence-corrected chi connectivity index (χ1v) is 7.45. The molecule has 2 aromatic rings. The van der Waals surface area contributed by atoms with Gasteiger partial charge >= 0.3 is 0 Å². The van der Waals surface area contributed by atoms with Crippen LogP contribution in [0, 0.1) is 0 Å². The van der Waals surface area contributed by atoms with Crippen molar-refractivity contribution in [2.24, 2.45) is 0 Å². The quantitative estimate of drug-likeness (QED) is 0.823. The van der Waals surface area contributed by atoms with Gasteiger partial charge in [0, 0.05) is 17.0 Å². The molecule has 1 atom stereocenters. The predicted octanol–water partition coefficient (Wildman–Crippen LogP) is 4.35. The first-order chi connectivity index (χ1) is 7.75. The van der Waals surface area contributed by atoms with Crippen LogP contribution in [0.25, 0.3) is 0 Å². The summed E-state index contributed by atoms with van der Waals surface area (Å²) in [7, 11) is 0. The van der Waals surface area contributed by atoms with Crippen LogP contribution in [0.2, 0.25) is 8.67 Å². The van der Waals surface area contributed by atoms with Crippen LogP contribution in [0.15, 0.2) is 17.5 Å². The fraction of sp³-hybridized carbons (Fsp3) is 0.273. The molecule has 0 aliphatic carbocycles. The van der Waals surface area contributed by atoms with Crippen molar-refractivity contribution in [1.82, 2.24) is 5.32 Å². The Morgan fingerprint density at radius 2 is 2.25 bits per heavy atom. The number of rotatable bonds is 1. The summed E-state index contributed by atoms with van der Waals surface area (Å²) in [5.74, 6) is 0. The second kappa shape index (κ2) is 4.31. The molecule has 0 amide bonds. The Morgan fingerprint density at radius 1 is 1.38 bits per heavy atom. The van der Waals surface area contributed by atoms with E-state index in [4.69, 9.17) is 23.2 Å². The minimum atomic E-state index is 0.222. The van der Waals surface area contributed by atoms with Gasteiger partial charge in [0.15, 0.2) is 0 Å². The van der Waals surface area contributed by atoms with Crippen molar-refractivity contribution in [2.45, 2.75) is 12.5 Å². The molecule has 0 saturated heterocycles. The lowest BCUT2D eigenvalue weighted by Gasteiger charge is -2.23. The molecule has 84 valence electrons. The van der Waals surface area contributed by atoms with Gasteiger partial charge in [-0.25, -0.2) is 0 Å². The fourth-order valence-corrected chi connectivity index (χ4v) is 4.63. The highest BCUT2D eigenvalue weighted by atomic mass is 35.5. The van der Waals surface area contributed by atoms with Crippen LogP contribution in [0.3, 0.4) is 0 Å². The third-order valence-corrected chi connectivity index (χ3v) is 5.32. The molecule has 1 nitrogen and oxygen atoms in total. The highest BCUT2D eigenvalue weighted by Gasteiger charge is 2.25. The monoisotopic (exact) mass is 289 g/mol. The molecule has 3 rings (SSSR count). The summed E-state index contributed by atoms with van der Waals surface area (Å²) in [6.07, 6.45) is 1.10. The van der Waals surface area contributed by atoms with Crippen LogP contribution in [-0.2, 0) is 6.42 Å². The first-order valence-electron chi connectivity index (χ1n) is 5.00. The van der Waals surface area contributed by atoms with Gasteiger partial charge in [-0.2, -0.15) is 0 Å². The molecule has 16 heavy (non-hydrogen) atoms. The zero-order valence-electron chi connectivity index (χ0n) is 8.30. The molecule has 1 aliphatic heterocycles. The van der Waals surface area contributed by atoms with Crippen molar-refractivity contribution in [3.05, 3.63) is 42.2 Å². The van der Waals surface area contributed by atoms with Gasteiger partial charge in [0.2, 0.25) is 0 Å². The smallest absolute Gasteiger partial charge is 0.0995 e. The van der Waals surface area contributed by atoms with Crippen LogP contribution in [0.5, 0.6) is 0 Å². The minimum Gasteiger partial charge on any atom is -0.305 e. The van der Waals surface area contributed by atoms with Crippen molar-refractivity contribution in [3.8, 4) is 0 Å². The van der Waals surface area contributed by atoms with Gasteiger partial charge in [0.05, 0.1) is 14.7 Å². The van der Waals surface area contributed by atoms with Crippen LogP contribution in [-0.4, -0.2) is 6.54 Å². The second-order valence-corrected chi connectivity index (χ2v) is 6.96. The van der Waals surface area contributed by atoms with Crippen LogP contribution in [0.4, 0.5) is 0 Å². The third-order valence-electron chi connectivity index (χ3n) is 2.78. The number of hydrogen-bond acceptors (Lipinski definition) is 3. The molecule has 1 aliphatic rings. The highest BCUT2D eigenvalue weighted by Crippen LogP contribution is 2.40.